The highest BCUT2D eigenvalue weighted by Gasteiger charge is 2.13. The van der Waals surface area contributed by atoms with Crippen LogP contribution in [0.2, 0.25) is 0 Å². The largest absolute Gasteiger partial charge is 0.347 e. The first kappa shape index (κ1) is 17.2. The number of ketones is 1. The zero-order valence-electron chi connectivity index (χ0n) is 11.4. The molecule has 7 nitrogen and oxygen atoms in total. The summed E-state index contributed by atoms with van der Waals surface area (Å²) in [6.45, 7) is 3.60. The molecule has 0 aromatic rings. The molecule has 1 atom stereocenters. The number of carbonyl (C=O) groups excluding carboxylic acids is 2. The van der Waals surface area contributed by atoms with Crippen LogP contribution in [0.5, 0.6) is 0 Å². The number of rotatable bonds is 7. The molecule has 1 unspecified atom stereocenters. The van der Waals surface area contributed by atoms with E-state index in [1.54, 1.807) is 14.0 Å². The Kier molecular flexibility index (Phi) is 8.37. The molecule has 106 valence electrons. The van der Waals surface area contributed by atoms with Crippen molar-refractivity contribution in [3.8, 4) is 6.19 Å². The van der Waals surface area contributed by atoms with Crippen molar-refractivity contribution in [3.63, 3.8) is 0 Å². The number of nitrogens with two attached hydrogens (primary N) is 1. The lowest BCUT2D eigenvalue weighted by Crippen LogP contribution is -2.39. The Morgan fingerprint density at radius 2 is 2.16 bits per heavy atom. The third kappa shape index (κ3) is 8.05. The molecule has 0 radical (unpaired) electrons. The molecule has 19 heavy (non-hydrogen) atoms. The monoisotopic (exact) mass is 286 g/mol. The van der Waals surface area contributed by atoms with Crippen LogP contribution >= 0.6 is 11.8 Å². The topological polar surface area (TPSA) is 111 Å². The van der Waals surface area contributed by atoms with Crippen LogP contribution in [0.1, 0.15) is 13.8 Å². The molecule has 0 heterocycles. The van der Waals surface area contributed by atoms with E-state index in [0.717, 1.165) is 0 Å². The molecule has 0 spiro atoms. The summed E-state index contributed by atoms with van der Waals surface area (Å²) in [4.78, 5) is 22.4. The second kappa shape index (κ2) is 9.22. The van der Waals surface area contributed by atoms with Gasteiger partial charge in [0.2, 0.25) is 5.91 Å². The molecule has 0 aromatic carbocycles. The molecule has 4 N–H and O–H groups in total. The lowest BCUT2D eigenvalue weighted by Gasteiger charge is -2.10. The first-order valence-electron chi connectivity index (χ1n) is 5.75. The molecule has 0 bridgehead atoms. The van der Waals surface area contributed by atoms with Gasteiger partial charge >= 0.3 is 12.2 Å². The van der Waals surface area contributed by atoms with Crippen LogP contribution in [0.4, 0.5) is 0 Å². The number of thioether (sulfide) groups is 1. The van der Waals surface area contributed by atoms with E-state index < -0.39 is 6.04 Å². The Balaban J connectivity index is 3.79. The standard InChI is InChI=1S/C11H19N5O2S/c1-8(15-9(2)17)10(18)6-19-5-4-14-11(13)16(3)7-12/h8H,4-6H2,1-3H3,(H3,13,14,15,17)/p+1. The number of nitriles is 1. The number of nitrogens with zero attached hydrogens (tertiary/aromatic N) is 2. The van der Waals surface area contributed by atoms with Gasteiger partial charge in [0.15, 0.2) is 5.78 Å². The van der Waals surface area contributed by atoms with Crippen LogP contribution in [0.3, 0.4) is 0 Å². The molecular formula is C11H20N5O2S+. The highest BCUT2D eigenvalue weighted by molar-refractivity contribution is 7.99. The fourth-order valence-corrected chi connectivity index (χ4v) is 1.95. The minimum absolute atomic E-state index is 0.0219. The average Bonchev–Trinajstić information content (AvgIpc) is 2.35. The number of hydrogen-bond acceptors (Lipinski definition) is 4. The molecule has 0 aromatic heterocycles. The zero-order valence-corrected chi connectivity index (χ0v) is 12.2. The minimum Gasteiger partial charge on any atom is -0.347 e. The van der Waals surface area contributed by atoms with Crippen LogP contribution in [0.15, 0.2) is 0 Å². The van der Waals surface area contributed by atoms with Crippen molar-refractivity contribution in [1.82, 2.24) is 10.6 Å². The third-order valence-corrected chi connectivity index (χ3v) is 3.19. The SMILES string of the molecule is CC(=O)NC(C)C(=O)CSCCNC(N)=[N+](C)C#N. The summed E-state index contributed by atoms with van der Waals surface area (Å²) in [6.07, 6.45) is 1.86. The fourth-order valence-electron chi connectivity index (χ4n) is 1.11. The van der Waals surface area contributed by atoms with Crippen molar-refractivity contribution in [3.05, 3.63) is 0 Å². The Bertz CT molecular complexity index is 402. The van der Waals surface area contributed by atoms with E-state index in [2.05, 4.69) is 10.6 Å². The van der Waals surface area contributed by atoms with Gasteiger partial charge < -0.3 is 11.1 Å². The summed E-state index contributed by atoms with van der Waals surface area (Å²) in [7, 11) is 1.55. The second-order valence-corrected chi connectivity index (χ2v) is 5.02. The lowest BCUT2D eigenvalue weighted by molar-refractivity contribution is -0.406. The summed E-state index contributed by atoms with van der Waals surface area (Å²) in [6, 6.07) is -0.459. The van der Waals surface area contributed by atoms with Crippen LogP contribution in [0, 0.1) is 11.5 Å². The summed E-state index contributed by atoms with van der Waals surface area (Å²) in [5.41, 5.74) is 5.56. The first-order valence-corrected chi connectivity index (χ1v) is 6.91. The molecule has 0 saturated heterocycles. The van der Waals surface area contributed by atoms with Crippen molar-refractivity contribution in [2.75, 3.05) is 25.1 Å². The number of carbonyl (C=O) groups is 2. The van der Waals surface area contributed by atoms with Gasteiger partial charge in [0, 0.05) is 12.7 Å². The van der Waals surface area contributed by atoms with E-state index in [9.17, 15) is 9.59 Å². The molecule has 0 rings (SSSR count). The Morgan fingerprint density at radius 3 is 2.68 bits per heavy atom. The summed E-state index contributed by atoms with van der Waals surface area (Å²) in [5.74, 6) is 1.05. The average molecular weight is 286 g/mol. The Morgan fingerprint density at radius 1 is 1.53 bits per heavy atom. The molecule has 0 aliphatic heterocycles. The van der Waals surface area contributed by atoms with Gasteiger partial charge in [-0.15, -0.1) is 0 Å². The number of nitrogens with one attached hydrogen (secondary N) is 2. The van der Waals surface area contributed by atoms with E-state index in [0.29, 0.717) is 18.1 Å². The highest BCUT2D eigenvalue weighted by Crippen LogP contribution is 2.01. The van der Waals surface area contributed by atoms with Gasteiger partial charge in [0.25, 0.3) is 0 Å². The normalized spacial score (nSPS) is 12.9. The lowest BCUT2D eigenvalue weighted by atomic mass is 10.2. The van der Waals surface area contributed by atoms with Gasteiger partial charge in [-0.3, -0.25) is 14.9 Å². The molecule has 1 amide bonds. The fraction of sp³-hybridized carbons (Fsp3) is 0.636. The smallest absolute Gasteiger partial charge is 0.326 e. The van der Waals surface area contributed by atoms with Crippen molar-refractivity contribution >= 4 is 29.4 Å². The Hall–Kier alpha value is -1.75. The maximum absolute atomic E-state index is 11.6. The summed E-state index contributed by atoms with van der Waals surface area (Å²) < 4.78 is 1.22. The molecular weight excluding hydrogens is 266 g/mol. The van der Waals surface area contributed by atoms with E-state index in [4.69, 9.17) is 11.0 Å². The Labute approximate surface area is 117 Å². The first-order chi connectivity index (χ1) is 8.88. The maximum Gasteiger partial charge on any atom is 0.326 e. The van der Waals surface area contributed by atoms with E-state index in [-0.39, 0.29) is 17.6 Å². The summed E-state index contributed by atoms with van der Waals surface area (Å²) >= 11 is 1.44. The molecule has 0 saturated carbocycles. The van der Waals surface area contributed by atoms with Crippen molar-refractivity contribution < 1.29 is 14.2 Å². The van der Waals surface area contributed by atoms with E-state index >= 15 is 0 Å². The van der Waals surface area contributed by atoms with Gasteiger partial charge in [-0.1, -0.05) is 0 Å². The number of Topliss-reactive ketones (excluding diaryl/α,β-unsaturated/α-hetero) is 1. The van der Waals surface area contributed by atoms with E-state index in [1.165, 1.54) is 23.3 Å². The molecule has 0 fully saturated rings. The van der Waals surface area contributed by atoms with Gasteiger partial charge in [-0.2, -0.15) is 16.3 Å². The number of hydrogen-bond donors (Lipinski definition) is 3. The minimum atomic E-state index is -0.459. The summed E-state index contributed by atoms with van der Waals surface area (Å²) in [5, 5.41) is 14.0. The number of amides is 1. The van der Waals surface area contributed by atoms with Gasteiger partial charge in [-0.25, -0.2) is 0 Å². The number of guanidine groups is 1. The van der Waals surface area contributed by atoms with Crippen LogP contribution < -0.4 is 16.4 Å². The highest BCUT2D eigenvalue weighted by atomic mass is 32.2. The maximum atomic E-state index is 11.6. The molecule has 0 aliphatic rings. The zero-order chi connectivity index (χ0) is 14.8. The van der Waals surface area contributed by atoms with E-state index in [1.807, 2.05) is 6.19 Å². The van der Waals surface area contributed by atoms with Gasteiger partial charge in [0.1, 0.15) is 0 Å². The quantitative estimate of drug-likeness (QED) is 0.136. The molecule has 0 aliphatic carbocycles. The predicted octanol–water partition coefficient (Wildman–Crippen LogP) is -1.16. The van der Waals surface area contributed by atoms with Gasteiger partial charge in [0.05, 0.1) is 25.4 Å². The van der Waals surface area contributed by atoms with Crippen molar-refractivity contribution in [1.29, 1.82) is 5.26 Å². The third-order valence-electron chi connectivity index (χ3n) is 2.21. The van der Waals surface area contributed by atoms with Crippen LogP contribution in [0.25, 0.3) is 0 Å². The predicted molar refractivity (Wildman–Crippen MR) is 74.6 cm³/mol. The van der Waals surface area contributed by atoms with Crippen molar-refractivity contribution in [2.24, 2.45) is 5.73 Å². The molecule has 8 heteroatoms. The van der Waals surface area contributed by atoms with Crippen molar-refractivity contribution in [2.45, 2.75) is 19.9 Å². The second-order valence-electron chi connectivity index (χ2n) is 3.91. The van der Waals surface area contributed by atoms with Gasteiger partial charge in [-0.05, 0) is 12.2 Å². The van der Waals surface area contributed by atoms with Crippen LogP contribution in [-0.2, 0) is 9.59 Å². The van der Waals surface area contributed by atoms with Crippen LogP contribution in [-0.4, -0.2) is 53.4 Å².